The number of nitro groups is 1. The normalized spacial score (nSPS) is 27.2. The number of nitro benzene ring substituents is 1. The molecule has 0 spiro atoms. The second kappa shape index (κ2) is 5.14. The third-order valence-electron chi connectivity index (χ3n) is 3.97. The first-order chi connectivity index (χ1) is 8.49. The highest BCUT2D eigenvalue weighted by atomic mass is 35.5. The van der Waals surface area contributed by atoms with Crippen LogP contribution in [0, 0.1) is 22.0 Å². The monoisotopic (exact) mass is 268 g/mol. The molecule has 0 amide bonds. The molecule has 3 unspecified atom stereocenters. The Bertz CT molecular complexity index is 464. The molecule has 0 aliphatic heterocycles. The van der Waals surface area contributed by atoms with E-state index in [4.69, 9.17) is 11.6 Å². The smallest absolute Gasteiger partial charge is 0.271 e. The molecular formula is C13H17ClN2O2. The highest BCUT2D eigenvalue weighted by molar-refractivity contribution is 6.33. The van der Waals surface area contributed by atoms with Crippen LogP contribution in [0.1, 0.15) is 26.7 Å². The van der Waals surface area contributed by atoms with Crippen LogP contribution in [0.2, 0.25) is 5.02 Å². The molecule has 98 valence electrons. The summed E-state index contributed by atoms with van der Waals surface area (Å²) in [5.41, 5.74) is 0.812. The number of benzene rings is 1. The van der Waals surface area contributed by atoms with E-state index in [1.165, 1.54) is 18.6 Å². The summed E-state index contributed by atoms with van der Waals surface area (Å²) in [6.45, 7) is 4.48. The van der Waals surface area contributed by atoms with Crippen molar-refractivity contribution in [3.05, 3.63) is 33.3 Å². The topological polar surface area (TPSA) is 55.2 Å². The maximum atomic E-state index is 10.6. The van der Waals surface area contributed by atoms with Gasteiger partial charge < -0.3 is 5.32 Å². The van der Waals surface area contributed by atoms with Gasteiger partial charge in [0.25, 0.3) is 5.69 Å². The average molecular weight is 269 g/mol. The van der Waals surface area contributed by atoms with E-state index in [1.54, 1.807) is 6.07 Å². The number of rotatable bonds is 3. The minimum Gasteiger partial charge on any atom is -0.381 e. The summed E-state index contributed by atoms with van der Waals surface area (Å²) in [6, 6.07) is 4.97. The van der Waals surface area contributed by atoms with Crippen LogP contribution in [0.15, 0.2) is 18.2 Å². The number of nitrogens with zero attached hydrogens (tertiary/aromatic N) is 1. The second-order valence-electron chi connectivity index (χ2n) is 5.09. The predicted octanol–water partition coefficient (Wildman–Crippen LogP) is 4.09. The number of non-ortho nitro benzene ring substituents is 1. The first-order valence-electron chi connectivity index (χ1n) is 6.19. The van der Waals surface area contributed by atoms with Gasteiger partial charge in [0.2, 0.25) is 0 Å². The lowest BCUT2D eigenvalue weighted by atomic mass is 9.97. The number of nitrogens with one attached hydrogen (secondary N) is 1. The van der Waals surface area contributed by atoms with E-state index in [2.05, 4.69) is 19.2 Å². The van der Waals surface area contributed by atoms with Crippen molar-refractivity contribution in [2.45, 2.75) is 32.7 Å². The van der Waals surface area contributed by atoms with Crippen LogP contribution in [0.3, 0.4) is 0 Å². The molecule has 0 radical (unpaired) electrons. The van der Waals surface area contributed by atoms with Gasteiger partial charge in [0.1, 0.15) is 0 Å². The highest BCUT2D eigenvalue weighted by Gasteiger charge is 2.29. The summed E-state index contributed by atoms with van der Waals surface area (Å²) in [5, 5.41) is 14.4. The van der Waals surface area contributed by atoms with E-state index < -0.39 is 4.92 Å². The van der Waals surface area contributed by atoms with Gasteiger partial charge in [-0.1, -0.05) is 25.4 Å². The Morgan fingerprint density at radius 2 is 2.11 bits per heavy atom. The summed E-state index contributed by atoms with van der Waals surface area (Å²) in [6.07, 6.45) is 2.33. The zero-order valence-electron chi connectivity index (χ0n) is 10.5. The predicted molar refractivity (Wildman–Crippen MR) is 73.1 cm³/mol. The molecule has 4 nitrogen and oxygen atoms in total. The molecule has 0 bridgehead atoms. The van der Waals surface area contributed by atoms with Gasteiger partial charge in [0.15, 0.2) is 0 Å². The summed E-state index contributed by atoms with van der Waals surface area (Å²) in [7, 11) is 0. The molecule has 0 aromatic heterocycles. The van der Waals surface area contributed by atoms with Crippen LogP contribution in [0.5, 0.6) is 0 Å². The second-order valence-corrected chi connectivity index (χ2v) is 5.49. The minimum absolute atomic E-state index is 0.0263. The molecule has 1 aromatic carbocycles. The molecule has 1 fully saturated rings. The SMILES string of the molecule is CC1CCC(Nc2ccc([N+](=O)[O-])cc2Cl)C1C. The van der Waals surface area contributed by atoms with Crippen LogP contribution in [-0.4, -0.2) is 11.0 Å². The van der Waals surface area contributed by atoms with Crippen molar-refractivity contribution in [3.8, 4) is 0 Å². The van der Waals surface area contributed by atoms with Crippen LogP contribution in [0.25, 0.3) is 0 Å². The lowest BCUT2D eigenvalue weighted by Crippen LogP contribution is -2.24. The van der Waals surface area contributed by atoms with Gasteiger partial charge in [-0.3, -0.25) is 10.1 Å². The maximum Gasteiger partial charge on any atom is 0.271 e. The Hall–Kier alpha value is -1.29. The first kappa shape index (κ1) is 13.1. The van der Waals surface area contributed by atoms with Crippen LogP contribution in [-0.2, 0) is 0 Å². The molecule has 1 aliphatic carbocycles. The molecule has 1 aromatic rings. The van der Waals surface area contributed by atoms with Gasteiger partial charge in [0, 0.05) is 18.2 Å². The fraction of sp³-hybridized carbons (Fsp3) is 0.538. The number of halogens is 1. The standard InChI is InChI=1S/C13H17ClN2O2/c1-8-3-5-12(9(8)2)15-13-6-4-10(16(17)18)7-11(13)14/h4,6-9,12,15H,3,5H2,1-2H3. The third-order valence-corrected chi connectivity index (χ3v) is 4.28. The van der Waals surface area contributed by atoms with Crippen molar-refractivity contribution >= 4 is 23.0 Å². The van der Waals surface area contributed by atoms with E-state index in [9.17, 15) is 10.1 Å². The van der Waals surface area contributed by atoms with E-state index in [1.807, 2.05) is 0 Å². The Morgan fingerprint density at radius 1 is 1.39 bits per heavy atom. The summed E-state index contributed by atoms with van der Waals surface area (Å²) < 4.78 is 0. The van der Waals surface area contributed by atoms with Crippen molar-refractivity contribution in [2.24, 2.45) is 11.8 Å². The van der Waals surface area contributed by atoms with Crippen molar-refractivity contribution in [2.75, 3.05) is 5.32 Å². The fourth-order valence-corrected chi connectivity index (χ4v) is 2.73. The summed E-state index contributed by atoms with van der Waals surface area (Å²) in [5.74, 6) is 1.30. The van der Waals surface area contributed by atoms with Gasteiger partial charge >= 0.3 is 0 Å². The molecule has 3 atom stereocenters. The van der Waals surface area contributed by atoms with Crippen molar-refractivity contribution in [1.29, 1.82) is 0 Å². The Balaban J connectivity index is 2.13. The molecule has 0 heterocycles. The Kier molecular flexibility index (Phi) is 3.76. The van der Waals surface area contributed by atoms with Gasteiger partial charge in [-0.15, -0.1) is 0 Å². The van der Waals surface area contributed by atoms with Crippen LogP contribution >= 0.6 is 11.6 Å². The third kappa shape index (κ3) is 2.58. The van der Waals surface area contributed by atoms with Crippen LogP contribution < -0.4 is 5.32 Å². The van der Waals surface area contributed by atoms with Gasteiger partial charge in [0.05, 0.1) is 15.6 Å². The summed E-state index contributed by atoms with van der Waals surface area (Å²) in [4.78, 5) is 10.2. The van der Waals surface area contributed by atoms with E-state index >= 15 is 0 Å². The Labute approximate surface area is 111 Å². The molecule has 5 heteroatoms. The molecular weight excluding hydrogens is 252 g/mol. The summed E-state index contributed by atoms with van der Waals surface area (Å²) >= 11 is 6.07. The number of hydrogen-bond acceptors (Lipinski definition) is 3. The lowest BCUT2D eigenvalue weighted by Gasteiger charge is -2.21. The highest BCUT2D eigenvalue weighted by Crippen LogP contribution is 2.35. The van der Waals surface area contributed by atoms with Crippen molar-refractivity contribution < 1.29 is 4.92 Å². The van der Waals surface area contributed by atoms with E-state index in [-0.39, 0.29) is 5.69 Å². The molecule has 18 heavy (non-hydrogen) atoms. The van der Waals surface area contributed by atoms with Crippen molar-refractivity contribution in [3.63, 3.8) is 0 Å². The lowest BCUT2D eigenvalue weighted by molar-refractivity contribution is -0.384. The van der Waals surface area contributed by atoms with E-state index in [0.29, 0.717) is 22.9 Å². The number of hydrogen-bond donors (Lipinski definition) is 1. The molecule has 0 saturated heterocycles. The number of anilines is 1. The maximum absolute atomic E-state index is 10.6. The first-order valence-corrected chi connectivity index (χ1v) is 6.57. The largest absolute Gasteiger partial charge is 0.381 e. The van der Waals surface area contributed by atoms with E-state index in [0.717, 1.165) is 12.1 Å². The molecule has 1 N–H and O–H groups in total. The fourth-order valence-electron chi connectivity index (χ4n) is 2.50. The van der Waals surface area contributed by atoms with Gasteiger partial charge in [-0.05, 0) is 30.7 Å². The van der Waals surface area contributed by atoms with Crippen LogP contribution in [0.4, 0.5) is 11.4 Å². The molecule has 2 rings (SSSR count). The average Bonchev–Trinajstić information content (AvgIpc) is 2.63. The minimum atomic E-state index is -0.435. The zero-order chi connectivity index (χ0) is 13.3. The molecule has 1 aliphatic rings. The quantitative estimate of drug-likeness (QED) is 0.663. The molecule has 1 saturated carbocycles. The van der Waals surface area contributed by atoms with Gasteiger partial charge in [-0.25, -0.2) is 0 Å². The van der Waals surface area contributed by atoms with Gasteiger partial charge in [-0.2, -0.15) is 0 Å². The zero-order valence-corrected chi connectivity index (χ0v) is 11.3. The Morgan fingerprint density at radius 3 is 2.61 bits per heavy atom. The van der Waals surface area contributed by atoms with Crippen molar-refractivity contribution in [1.82, 2.24) is 0 Å².